The standard InChI is InChI=1S/C28H29BrCl2N8O/c1-38-12-14-39(15-13-38)11-3-10-32-27-33-17-18-16-21(24-22(30)4-2-5-23(24)31)26(35-25(18)36-27)37-28(40)34-20-8-6-19(29)7-9-20/h2,4-9,16-17H,3,10-15H2,1H3,(H3,32,33,34,35,36,37,40). The van der Waals surface area contributed by atoms with Crippen LogP contribution in [0.4, 0.5) is 22.2 Å². The van der Waals surface area contributed by atoms with Crippen molar-refractivity contribution < 1.29 is 4.79 Å². The van der Waals surface area contributed by atoms with Crippen LogP contribution < -0.4 is 16.0 Å². The summed E-state index contributed by atoms with van der Waals surface area (Å²) in [7, 11) is 2.16. The number of urea groups is 1. The molecule has 0 atom stereocenters. The van der Waals surface area contributed by atoms with Gasteiger partial charge in [0, 0.05) is 65.6 Å². The van der Waals surface area contributed by atoms with Crippen molar-refractivity contribution in [3.63, 3.8) is 0 Å². The van der Waals surface area contributed by atoms with Gasteiger partial charge in [-0.05, 0) is 62.5 Å². The van der Waals surface area contributed by atoms with Crippen molar-refractivity contribution in [1.29, 1.82) is 0 Å². The SMILES string of the molecule is CN1CCN(CCCNc2ncc3cc(-c4c(Cl)cccc4Cl)c(NC(=O)Nc4ccc(Br)cc4)nc3n2)CC1. The minimum atomic E-state index is -0.463. The Kier molecular flexibility index (Phi) is 9.33. The summed E-state index contributed by atoms with van der Waals surface area (Å²) < 4.78 is 0.911. The monoisotopic (exact) mass is 642 g/mol. The number of fused-ring (bicyclic) bond motifs is 1. The molecule has 12 heteroatoms. The van der Waals surface area contributed by atoms with E-state index in [1.54, 1.807) is 36.5 Å². The largest absolute Gasteiger partial charge is 0.354 e. The second kappa shape index (κ2) is 13.1. The summed E-state index contributed by atoms with van der Waals surface area (Å²) in [6.45, 7) is 6.16. The van der Waals surface area contributed by atoms with Crippen molar-refractivity contribution in [2.24, 2.45) is 0 Å². The number of anilines is 3. The van der Waals surface area contributed by atoms with E-state index in [0.717, 1.165) is 50.2 Å². The summed E-state index contributed by atoms with van der Waals surface area (Å²) in [5.74, 6) is 0.754. The Labute approximate surface area is 251 Å². The van der Waals surface area contributed by atoms with E-state index in [1.165, 1.54) is 0 Å². The Hall–Kier alpha value is -3.02. The van der Waals surface area contributed by atoms with Crippen LogP contribution in [-0.4, -0.2) is 77.1 Å². The third-order valence-corrected chi connectivity index (χ3v) is 7.82. The summed E-state index contributed by atoms with van der Waals surface area (Å²) in [6.07, 6.45) is 2.68. The van der Waals surface area contributed by atoms with E-state index in [1.807, 2.05) is 18.2 Å². The number of hydrogen-bond acceptors (Lipinski definition) is 7. The van der Waals surface area contributed by atoms with Gasteiger partial charge < -0.3 is 20.4 Å². The van der Waals surface area contributed by atoms with Crippen molar-refractivity contribution in [2.45, 2.75) is 6.42 Å². The van der Waals surface area contributed by atoms with Crippen LogP contribution in [0.15, 0.2) is 59.2 Å². The first kappa shape index (κ1) is 28.5. The Bertz CT molecular complexity index is 1480. The third-order valence-electron chi connectivity index (χ3n) is 6.66. The molecule has 3 heterocycles. The Balaban J connectivity index is 1.36. The van der Waals surface area contributed by atoms with Crippen LogP contribution >= 0.6 is 39.1 Å². The lowest BCUT2D eigenvalue weighted by atomic mass is 10.0. The lowest BCUT2D eigenvalue weighted by Crippen LogP contribution is -2.44. The number of aromatic nitrogens is 3. The number of nitrogens with zero attached hydrogens (tertiary/aromatic N) is 5. The van der Waals surface area contributed by atoms with Gasteiger partial charge in [-0.1, -0.05) is 45.2 Å². The van der Waals surface area contributed by atoms with E-state index < -0.39 is 6.03 Å². The van der Waals surface area contributed by atoms with Crippen molar-refractivity contribution in [2.75, 3.05) is 62.3 Å². The summed E-state index contributed by atoms with van der Waals surface area (Å²) in [6, 6.07) is 13.9. The van der Waals surface area contributed by atoms with Crippen LogP contribution in [0.3, 0.4) is 0 Å². The fourth-order valence-corrected chi connectivity index (χ4v) is 5.33. The molecule has 4 aromatic rings. The molecule has 9 nitrogen and oxygen atoms in total. The zero-order valence-electron chi connectivity index (χ0n) is 21.9. The average Bonchev–Trinajstić information content (AvgIpc) is 2.93. The van der Waals surface area contributed by atoms with E-state index in [2.05, 4.69) is 58.7 Å². The first-order valence-electron chi connectivity index (χ1n) is 13.0. The Morgan fingerprint density at radius 1 is 1.00 bits per heavy atom. The second-order valence-corrected chi connectivity index (χ2v) is 11.3. The normalized spacial score (nSPS) is 14.3. The molecule has 3 N–H and O–H groups in total. The minimum Gasteiger partial charge on any atom is -0.354 e. The third kappa shape index (κ3) is 7.18. The van der Waals surface area contributed by atoms with Crippen LogP contribution in [-0.2, 0) is 0 Å². The molecule has 0 aliphatic carbocycles. The minimum absolute atomic E-state index is 0.275. The lowest BCUT2D eigenvalue weighted by Gasteiger charge is -2.32. The molecule has 1 aliphatic rings. The van der Waals surface area contributed by atoms with Gasteiger partial charge in [0.1, 0.15) is 5.82 Å². The van der Waals surface area contributed by atoms with E-state index in [4.69, 9.17) is 28.2 Å². The topological polar surface area (TPSA) is 98.3 Å². The number of carbonyl (C=O) groups excluding carboxylic acids is 1. The molecule has 5 rings (SSSR count). The Morgan fingerprint density at radius 3 is 2.45 bits per heavy atom. The molecule has 1 saturated heterocycles. The molecule has 0 radical (unpaired) electrons. The molecular weight excluding hydrogens is 615 g/mol. The molecule has 0 unspecified atom stereocenters. The molecule has 2 amide bonds. The molecule has 0 bridgehead atoms. The quantitative estimate of drug-likeness (QED) is 0.190. The number of pyridine rings is 1. The number of likely N-dealkylation sites (N-methyl/N-ethyl adjacent to an activating group) is 1. The van der Waals surface area contributed by atoms with Gasteiger partial charge >= 0.3 is 6.03 Å². The lowest BCUT2D eigenvalue weighted by molar-refractivity contribution is 0.154. The highest BCUT2D eigenvalue weighted by molar-refractivity contribution is 9.10. The van der Waals surface area contributed by atoms with Gasteiger partial charge in [-0.2, -0.15) is 4.98 Å². The predicted molar refractivity (Wildman–Crippen MR) is 167 cm³/mol. The van der Waals surface area contributed by atoms with E-state index in [9.17, 15) is 4.79 Å². The summed E-state index contributed by atoms with van der Waals surface area (Å²) in [4.78, 5) is 31.6. The first-order valence-corrected chi connectivity index (χ1v) is 14.5. The average molecular weight is 644 g/mol. The molecule has 0 spiro atoms. The molecule has 208 valence electrons. The molecule has 2 aromatic carbocycles. The second-order valence-electron chi connectivity index (χ2n) is 9.60. The zero-order valence-corrected chi connectivity index (χ0v) is 25.0. The van der Waals surface area contributed by atoms with Crippen LogP contribution in [0.5, 0.6) is 0 Å². The number of carbonyl (C=O) groups is 1. The highest BCUT2D eigenvalue weighted by Gasteiger charge is 2.18. The molecule has 40 heavy (non-hydrogen) atoms. The maximum Gasteiger partial charge on any atom is 0.324 e. The van der Waals surface area contributed by atoms with Crippen molar-refractivity contribution in [1.82, 2.24) is 24.8 Å². The van der Waals surface area contributed by atoms with Crippen molar-refractivity contribution >= 4 is 73.6 Å². The van der Waals surface area contributed by atoms with E-state index in [-0.39, 0.29) is 5.82 Å². The predicted octanol–water partition coefficient (Wildman–Crippen LogP) is 6.45. The number of halogens is 3. The first-order chi connectivity index (χ1) is 19.4. The van der Waals surface area contributed by atoms with Gasteiger partial charge in [0.2, 0.25) is 5.95 Å². The summed E-state index contributed by atoms with van der Waals surface area (Å²) in [5.41, 5.74) is 2.18. The van der Waals surface area contributed by atoms with Gasteiger partial charge in [-0.3, -0.25) is 5.32 Å². The molecule has 1 aliphatic heterocycles. The summed E-state index contributed by atoms with van der Waals surface area (Å²) >= 11 is 16.5. The number of rotatable bonds is 8. The number of piperazine rings is 1. The zero-order chi connectivity index (χ0) is 28.1. The van der Waals surface area contributed by atoms with E-state index in [0.29, 0.717) is 43.8 Å². The molecule has 0 saturated carbocycles. The number of amides is 2. The van der Waals surface area contributed by atoms with Crippen LogP contribution in [0.2, 0.25) is 10.0 Å². The van der Waals surface area contributed by atoms with Gasteiger partial charge in [-0.25, -0.2) is 14.8 Å². The highest BCUT2D eigenvalue weighted by Crippen LogP contribution is 2.39. The van der Waals surface area contributed by atoms with Gasteiger partial charge in [-0.15, -0.1) is 0 Å². The summed E-state index contributed by atoms with van der Waals surface area (Å²) in [5, 5.41) is 10.5. The maximum atomic E-state index is 13.0. The molecule has 1 fully saturated rings. The molecular formula is C28H29BrCl2N8O. The fourth-order valence-electron chi connectivity index (χ4n) is 4.47. The number of hydrogen-bond donors (Lipinski definition) is 3. The van der Waals surface area contributed by atoms with E-state index >= 15 is 0 Å². The van der Waals surface area contributed by atoms with Crippen LogP contribution in [0, 0.1) is 0 Å². The number of nitrogens with one attached hydrogen (secondary N) is 3. The van der Waals surface area contributed by atoms with Crippen molar-refractivity contribution in [3.8, 4) is 11.1 Å². The van der Waals surface area contributed by atoms with Gasteiger partial charge in [0.25, 0.3) is 0 Å². The maximum absolute atomic E-state index is 13.0. The smallest absolute Gasteiger partial charge is 0.324 e. The van der Waals surface area contributed by atoms with Crippen LogP contribution in [0.25, 0.3) is 22.2 Å². The highest BCUT2D eigenvalue weighted by atomic mass is 79.9. The van der Waals surface area contributed by atoms with Crippen molar-refractivity contribution in [3.05, 3.63) is 69.2 Å². The Morgan fingerprint density at radius 2 is 1.73 bits per heavy atom. The number of benzene rings is 2. The van der Waals surface area contributed by atoms with Gasteiger partial charge in [0.15, 0.2) is 5.65 Å². The van der Waals surface area contributed by atoms with Crippen LogP contribution in [0.1, 0.15) is 6.42 Å². The molecule has 2 aromatic heterocycles. The van der Waals surface area contributed by atoms with Gasteiger partial charge in [0.05, 0.1) is 10.0 Å². The fraction of sp³-hybridized carbons (Fsp3) is 0.286.